The van der Waals surface area contributed by atoms with Crippen LogP contribution in [0.2, 0.25) is 0 Å². The molecule has 0 aliphatic carbocycles. The zero-order chi connectivity index (χ0) is 17.6. The summed E-state index contributed by atoms with van der Waals surface area (Å²) in [6.07, 6.45) is 1.79. The number of amides is 2. The highest BCUT2D eigenvalue weighted by molar-refractivity contribution is 5.75. The van der Waals surface area contributed by atoms with Crippen LogP contribution in [-0.4, -0.2) is 35.2 Å². The maximum Gasteiger partial charge on any atom is 0.317 e. The average molecular weight is 335 g/mol. The fourth-order valence-electron chi connectivity index (χ4n) is 3.21. The Morgan fingerprint density at radius 3 is 2.72 bits per heavy atom. The Morgan fingerprint density at radius 1 is 1.24 bits per heavy atom. The Kier molecular flexibility index (Phi) is 5.32. The molecule has 2 amide bonds. The minimum absolute atomic E-state index is 0.0143. The first-order valence-corrected chi connectivity index (χ1v) is 8.46. The summed E-state index contributed by atoms with van der Waals surface area (Å²) >= 11 is 0. The van der Waals surface area contributed by atoms with Crippen LogP contribution in [0.25, 0.3) is 11.1 Å². The van der Waals surface area contributed by atoms with Crippen LogP contribution in [0, 0.1) is 11.3 Å². The van der Waals surface area contributed by atoms with Crippen LogP contribution < -0.4 is 5.32 Å². The summed E-state index contributed by atoms with van der Waals surface area (Å²) in [6.45, 7) is 1.15. The van der Waals surface area contributed by atoms with Crippen LogP contribution in [0.3, 0.4) is 0 Å². The van der Waals surface area contributed by atoms with E-state index in [1.165, 1.54) is 0 Å². The maximum atomic E-state index is 12.2. The van der Waals surface area contributed by atoms with Crippen LogP contribution in [0.5, 0.6) is 0 Å². The van der Waals surface area contributed by atoms with Crippen molar-refractivity contribution in [1.29, 1.82) is 5.26 Å². The third-order valence-electron chi connectivity index (χ3n) is 4.60. The summed E-state index contributed by atoms with van der Waals surface area (Å²) in [5, 5.41) is 21.4. The van der Waals surface area contributed by atoms with Gasteiger partial charge in [-0.15, -0.1) is 0 Å². The number of nitrogens with one attached hydrogen (secondary N) is 1. The molecule has 0 saturated carbocycles. The molecular weight excluding hydrogens is 314 g/mol. The molecule has 1 aliphatic rings. The first-order chi connectivity index (χ1) is 12.2. The van der Waals surface area contributed by atoms with E-state index in [0.717, 1.165) is 29.5 Å². The zero-order valence-electron chi connectivity index (χ0n) is 14.0. The van der Waals surface area contributed by atoms with Gasteiger partial charge in [-0.05, 0) is 35.6 Å². The van der Waals surface area contributed by atoms with Gasteiger partial charge in [0, 0.05) is 13.1 Å². The Morgan fingerprint density at radius 2 is 2.00 bits per heavy atom. The van der Waals surface area contributed by atoms with Crippen molar-refractivity contribution >= 4 is 6.03 Å². The first kappa shape index (κ1) is 17.0. The van der Waals surface area contributed by atoms with Gasteiger partial charge in [0.05, 0.1) is 24.3 Å². The molecule has 0 radical (unpaired) electrons. The van der Waals surface area contributed by atoms with E-state index in [-0.39, 0.29) is 18.7 Å². The molecule has 1 aliphatic heterocycles. The number of likely N-dealkylation sites (tertiary alicyclic amines) is 1. The number of nitrogens with zero attached hydrogens (tertiary/aromatic N) is 2. The third kappa shape index (κ3) is 3.81. The topological polar surface area (TPSA) is 76.4 Å². The molecule has 5 nitrogen and oxygen atoms in total. The molecule has 1 atom stereocenters. The second kappa shape index (κ2) is 7.82. The number of urea groups is 1. The second-order valence-corrected chi connectivity index (χ2v) is 6.19. The van der Waals surface area contributed by atoms with Crippen molar-refractivity contribution in [2.75, 3.05) is 13.2 Å². The Balaban J connectivity index is 1.63. The van der Waals surface area contributed by atoms with Crippen LogP contribution in [0.1, 0.15) is 24.0 Å². The van der Waals surface area contributed by atoms with Gasteiger partial charge in [-0.3, -0.25) is 0 Å². The van der Waals surface area contributed by atoms with Crippen molar-refractivity contribution in [3.63, 3.8) is 0 Å². The van der Waals surface area contributed by atoms with Crippen LogP contribution in [0.4, 0.5) is 4.79 Å². The van der Waals surface area contributed by atoms with Crippen LogP contribution in [0.15, 0.2) is 48.5 Å². The summed E-state index contributed by atoms with van der Waals surface area (Å²) in [7, 11) is 0. The summed E-state index contributed by atoms with van der Waals surface area (Å²) in [4.78, 5) is 13.9. The van der Waals surface area contributed by atoms with Crippen molar-refractivity contribution < 1.29 is 9.90 Å². The minimum atomic E-state index is -0.129. The van der Waals surface area contributed by atoms with E-state index in [2.05, 4.69) is 11.4 Å². The number of hydrogen-bond acceptors (Lipinski definition) is 3. The van der Waals surface area contributed by atoms with Gasteiger partial charge in [0.25, 0.3) is 0 Å². The monoisotopic (exact) mass is 335 g/mol. The minimum Gasteiger partial charge on any atom is -0.394 e. The molecule has 1 saturated heterocycles. The Bertz CT molecular complexity index is 780. The zero-order valence-corrected chi connectivity index (χ0v) is 14.0. The van der Waals surface area contributed by atoms with Gasteiger partial charge in [0.1, 0.15) is 0 Å². The van der Waals surface area contributed by atoms with Crippen molar-refractivity contribution in [2.24, 2.45) is 0 Å². The van der Waals surface area contributed by atoms with Gasteiger partial charge in [0.2, 0.25) is 0 Å². The molecule has 1 fully saturated rings. The summed E-state index contributed by atoms with van der Waals surface area (Å²) in [6, 6.07) is 17.3. The SMILES string of the molecule is N#Cc1ccccc1-c1ccc(CNC(=O)N2CCC[C@@H]2CO)cc1. The molecule has 0 bridgehead atoms. The van der Waals surface area contributed by atoms with E-state index in [1.807, 2.05) is 42.5 Å². The van der Waals surface area contributed by atoms with E-state index in [1.54, 1.807) is 11.0 Å². The molecule has 0 spiro atoms. The predicted molar refractivity (Wildman–Crippen MR) is 95.6 cm³/mol. The van der Waals surface area contributed by atoms with Gasteiger partial charge < -0.3 is 15.3 Å². The summed E-state index contributed by atoms with van der Waals surface area (Å²) in [5.41, 5.74) is 3.52. The van der Waals surface area contributed by atoms with E-state index in [0.29, 0.717) is 18.7 Å². The maximum absolute atomic E-state index is 12.2. The normalized spacial score (nSPS) is 16.5. The van der Waals surface area contributed by atoms with Gasteiger partial charge in [-0.1, -0.05) is 42.5 Å². The predicted octanol–water partition coefficient (Wildman–Crippen LogP) is 2.89. The fraction of sp³-hybridized carbons (Fsp3) is 0.300. The highest BCUT2D eigenvalue weighted by Crippen LogP contribution is 2.23. The first-order valence-electron chi connectivity index (χ1n) is 8.46. The molecule has 2 N–H and O–H groups in total. The highest BCUT2D eigenvalue weighted by atomic mass is 16.3. The van der Waals surface area contributed by atoms with Crippen molar-refractivity contribution in [1.82, 2.24) is 10.2 Å². The summed E-state index contributed by atoms with van der Waals surface area (Å²) < 4.78 is 0. The lowest BCUT2D eigenvalue weighted by Crippen LogP contribution is -2.43. The molecule has 1 heterocycles. The molecular formula is C20H21N3O2. The van der Waals surface area contributed by atoms with E-state index in [4.69, 9.17) is 0 Å². The number of benzene rings is 2. The molecule has 2 aromatic carbocycles. The van der Waals surface area contributed by atoms with E-state index >= 15 is 0 Å². The quantitative estimate of drug-likeness (QED) is 0.902. The largest absolute Gasteiger partial charge is 0.394 e. The Hall–Kier alpha value is -2.84. The molecule has 3 rings (SSSR count). The third-order valence-corrected chi connectivity index (χ3v) is 4.60. The number of hydrogen-bond donors (Lipinski definition) is 2. The fourth-order valence-corrected chi connectivity index (χ4v) is 3.21. The van der Waals surface area contributed by atoms with Crippen LogP contribution in [-0.2, 0) is 6.54 Å². The highest BCUT2D eigenvalue weighted by Gasteiger charge is 2.27. The Labute approximate surface area is 147 Å². The van der Waals surface area contributed by atoms with Crippen molar-refractivity contribution in [2.45, 2.75) is 25.4 Å². The molecule has 0 aromatic heterocycles. The number of rotatable bonds is 4. The molecule has 25 heavy (non-hydrogen) atoms. The lowest BCUT2D eigenvalue weighted by atomic mass is 9.99. The van der Waals surface area contributed by atoms with Crippen molar-refractivity contribution in [3.8, 4) is 17.2 Å². The van der Waals surface area contributed by atoms with Crippen LogP contribution >= 0.6 is 0 Å². The average Bonchev–Trinajstić information content (AvgIpc) is 3.15. The van der Waals surface area contributed by atoms with E-state index in [9.17, 15) is 15.2 Å². The summed E-state index contributed by atoms with van der Waals surface area (Å²) in [5.74, 6) is 0. The number of nitriles is 1. The number of aliphatic hydroxyl groups excluding tert-OH is 1. The van der Waals surface area contributed by atoms with Gasteiger partial charge in [-0.2, -0.15) is 5.26 Å². The standard InChI is InChI=1S/C20H21N3O2/c21-12-17-4-1-2-6-19(17)16-9-7-15(8-10-16)13-22-20(25)23-11-3-5-18(23)14-24/h1-2,4,6-10,18,24H,3,5,11,13-14H2,(H,22,25)/t18-/m1/s1. The lowest BCUT2D eigenvalue weighted by Gasteiger charge is -2.23. The number of carbonyl (C=O) groups excluding carboxylic acids is 1. The smallest absolute Gasteiger partial charge is 0.317 e. The van der Waals surface area contributed by atoms with Gasteiger partial charge >= 0.3 is 6.03 Å². The number of carbonyl (C=O) groups is 1. The lowest BCUT2D eigenvalue weighted by molar-refractivity contribution is 0.157. The molecule has 0 unspecified atom stereocenters. The molecule has 128 valence electrons. The van der Waals surface area contributed by atoms with Crippen molar-refractivity contribution in [3.05, 3.63) is 59.7 Å². The second-order valence-electron chi connectivity index (χ2n) is 6.19. The van der Waals surface area contributed by atoms with E-state index < -0.39 is 0 Å². The van der Waals surface area contributed by atoms with Gasteiger partial charge in [-0.25, -0.2) is 4.79 Å². The molecule has 5 heteroatoms. The van der Waals surface area contributed by atoms with Gasteiger partial charge in [0.15, 0.2) is 0 Å². The number of aliphatic hydroxyl groups is 1. The molecule has 2 aromatic rings.